The second kappa shape index (κ2) is 10.5. The van der Waals surface area contributed by atoms with E-state index in [1.807, 2.05) is 30.3 Å². The predicted molar refractivity (Wildman–Crippen MR) is 120 cm³/mol. The van der Waals surface area contributed by atoms with Crippen molar-refractivity contribution in [2.45, 2.75) is 13.0 Å². The third-order valence-electron chi connectivity index (χ3n) is 4.32. The molecule has 1 heterocycles. The number of carbonyl (C=O) groups is 2. The minimum atomic E-state index is -1.18. The van der Waals surface area contributed by atoms with Gasteiger partial charge in [0.05, 0.1) is 22.8 Å². The number of esters is 1. The van der Waals surface area contributed by atoms with Gasteiger partial charge in [-0.1, -0.05) is 30.3 Å². The smallest absolute Gasteiger partial charge is 0.341 e. The summed E-state index contributed by atoms with van der Waals surface area (Å²) in [6, 6.07) is 13.1. The van der Waals surface area contributed by atoms with E-state index in [9.17, 15) is 19.7 Å². The molecule has 0 spiro atoms. The molecule has 0 aliphatic rings. The van der Waals surface area contributed by atoms with Crippen molar-refractivity contribution in [2.75, 3.05) is 23.8 Å². The van der Waals surface area contributed by atoms with Crippen molar-refractivity contribution in [1.82, 2.24) is 4.98 Å². The molecular weight excluding hydrogens is 436 g/mol. The molecule has 0 aliphatic heterocycles. The highest BCUT2D eigenvalue weighted by Crippen LogP contribution is 2.26. The first-order chi connectivity index (χ1) is 15.4. The Kier molecular flexibility index (Phi) is 7.47. The zero-order valence-electron chi connectivity index (χ0n) is 17.0. The van der Waals surface area contributed by atoms with Gasteiger partial charge in [-0.15, -0.1) is 11.3 Å². The zero-order chi connectivity index (χ0) is 23.1. The fraction of sp³-hybridized carbons (Fsp3) is 0.190. The van der Waals surface area contributed by atoms with Gasteiger partial charge in [-0.05, 0) is 13.0 Å². The minimum absolute atomic E-state index is 0.118. The number of rotatable bonds is 9. The fourth-order valence-electron chi connectivity index (χ4n) is 2.72. The van der Waals surface area contributed by atoms with Crippen molar-refractivity contribution in [1.29, 1.82) is 0 Å². The number of aliphatic hydroxyl groups is 1. The second-order valence-electron chi connectivity index (χ2n) is 6.58. The Labute approximate surface area is 187 Å². The maximum atomic E-state index is 12.6. The normalized spacial score (nSPS) is 11.4. The first-order valence-corrected chi connectivity index (χ1v) is 10.4. The van der Waals surface area contributed by atoms with Crippen LogP contribution in [-0.2, 0) is 9.53 Å². The Morgan fingerprint density at radius 1 is 1.25 bits per heavy atom. The van der Waals surface area contributed by atoms with Gasteiger partial charge in [0, 0.05) is 35.3 Å². The van der Waals surface area contributed by atoms with E-state index >= 15 is 0 Å². The molecule has 1 amide bonds. The molecule has 3 N–H and O–H groups in total. The summed E-state index contributed by atoms with van der Waals surface area (Å²) in [7, 11) is 0. The number of anilines is 2. The third kappa shape index (κ3) is 5.65. The maximum Gasteiger partial charge on any atom is 0.341 e. The van der Waals surface area contributed by atoms with Gasteiger partial charge in [0.25, 0.3) is 11.6 Å². The van der Waals surface area contributed by atoms with Gasteiger partial charge < -0.3 is 15.2 Å². The fourth-order valence-corrected chi connectivity index (χ4v) is 3.44. The van der Waals surface area contributed by atoms with Crippen LogP contribution in [0, 0.1) is 10.1 Å². The first-order valence-electron chi connectivity index (χ1n) is 9.55. The highest BCUT2D eigenvalue weighted by Gasteiger charge is 2.24. The van der Waals surface area contributed by atoms with Crippen LogP contribution in [-0.4, -0.2) is 46.1 Å². The average Bonchev–Trinajstić information content (AvgIpc) is 3.26. The van der Waals surface area contributed by atoms with Gasteiger partial charge in [-0.25, -0.2) is 9.78 Å². The quantitative estimate of drug-likeness (QED) is 0.253. The molecule has 1 unspecified atom stereocenters. The van der Waals surface area contributed by atoms with Crippen LogP contribution in [0.15, 0.2) is 53.9 Å². The Bertz CT molecular complexity index is 1120. The molecule has 3 rings (SSSR count). The number of amides is 1. The molecular formula is C21H20N4O6S. The second-order valence-corrected chi connectivity index (χ2v) is 7.44. The van der Waals surface area contributed by atoms with Gasteiger partial charge in [0.15, 0.2) is 11.2 Å². The SMILES string of the molecule is CC(OC(=O)c1cc([N+](=O)[O-])ccc1NCCO)C(=O)Nc1nc(-c2ccccc2)cs1. The highest BCUT2D eigenvalue weighted by molar-refractivity contribution is 7.14. The number of nitrogens with zero attached hydrogens (tertiary/aromatic N) is 2. The lowest BCUT2D eigenvalue weighted by Crippen LogP contribution is -2.30. The number of nitrogens with one attached hydrogen (secondary N) is 2. The van der Waals surface area contributed by atoms with Crippen LogP contribution in [0.25, 0.3) is 11.3 Å². The molecule has 0 fully saturated rings. The number of aromatic nitrogens is 1. The number of non-ortho nitro benzene ring substituents is 1. The number of ether oxygens (including phenoxy) is 1. The number of thiazole rings is 1. The van der Waals surface area contributed by atoms with Crippen molar-refractivity contribution in [2.24, 2.45) is 0 Å². The summed E-state index contributed by atoms with van der Waals surface area (Å²) in [4.78, 5) is 39.9. The molecule has 10 nitrogen and oxygen atoms in total. The van der Waals surface area contributed by atoms with Crippen LogP contribution >= 0.6 is 11.3 Å². The van der Waals surface area contributed by atoms with Crippen molar-refractivity contribution < 1.29 is 24.4 Å². The molecule has 0 aliphatic carbocycles. The Morgan fingerprint density at radius 2 is 2.00 bits per heavy atom. The molecule has 0 bridgehead atoms. The first kappa shape index (κ1) is 22.8. The van der Waals surface area contributed by atoms with Crippen molar-refractivity contribution >= 4 is 39.7 Å². The Balaban J connectivity index is 1.68. The molecule has 0 saturated carbocycles. The van der Waals surface area contributed by atoms with Crippen molar-refractivity contribution in [3.63, 3.8) is 0 Å². The van der Waals surface area contributed by atoms with Crippen LogP contribution in [0.1, 0.15) is 17.3 Å². The van der Waals surface area contributed by atoms with Crippen molar-refractivity contribution in [3.8, 4) is 11.3 Å². The summed E-state index contributed by atoms with van der Waals surface area (Å²) in [6.07, 6.45) is -1.18. The lowest BCUT2D eigenvalue weighted by molar-refractivity contribution is -0.384. The van der Waals surface area contributed by atoms with Crippen LogP contribution < -0.4 is 10.6 Å². The van der Waals surface area contributed by atoms with Crippen molar-refractivity contribution in [3.05, 3.63) is 69.6 Å². The molecule has 1 atom stereocenters. The molecule has 2 aromatic carbocycles. The van der Waals surface area contributed by atoms with E-state index in [1.54, 1.807) is 5.38 Å². The number of nitro benzene ring substituents is 1. The van der Waals surface area contributed by atoms with Gasteiger partial charge in [-0.3, -0.25) is 20.2 Å². The highest BCUT2D eigenvalue weighted by atomic mass is 32.1. The summed E-state index contributed by atoms with van der Waals surface area (Å²) >= 11 is 1.23. The third-order valence-corrected chi connectivity index (χ3v) is 5.08. The van der Waals surface area contributed by atoms with E-state index in [1.165, 1.54) is 30.4 Å². The van der Waals surface area contributed by atoms with Crippen LogP contribution in [0.2, 0.25) is 0 Å². The van der Waals surface area contributed by atoms with Gasteiger partial charge in [-0.2, -0.15) is 0 Å². The Morgan fingerprint density at radius 3 is 2.69 bits per heavy atom. The van der Waals surface area contributed by atoms with E-state index < -0.39 is 22.9 Å². The number of aliphatic hydroxyl groups excluding tert-OH is 1. The molecule has 11 heteroatoms. The topological polar surface area (TPSA) is 144 Å². The number of hydrogen-bond donors (Lipinski definition) is 3. The standard InChI is InChI=1S/C21H20N4O6S/c1-13(19(27)24-21-23-18(12-32-21)14-5-3-2-4-6-14)31-20(28)16-11-15(25(29)30)7-8-17(16)22-9-10-26/h2-8,11-13,22,26H,9-10H2,1H3,(H,23,24,27). The van der Waals surface area contributed by atoms with E-state index in [4.69, 9.17) is 9.84 Å². The summed E-state index contributed by atoms with van der Waals surface area (Å²) < 4.78 is 5.22. The number of hydrogen-bond acceptors (Lipinski definition) is 9. The van der Waals surface area contributed by atoms with Gasteiger partial charge in [0.1, 0.15) is 0 Å². The zero-order valence-corrected chi connectivity index (χ0v) is 17.8. The summed E-state index contributed by atoms with van der Waals surface area (Å²) in [5.74, 6) is -1.51. The van der Waals surface area contributed by atoms with E-state index in [0.717, 1.165) is 11.6 Å². The summed E-state index contributed by atoms with van der Waals surface area (Å²) in [6.45, 7) is 1.31. The number of nitro groups is 1. The number of benzene rings is 2. The lowest BCUT2D eigenvalue weighted by Gasteiger charge is -2.15. The molecule has 166 valence electrons. The molecule has 0 saturated heterocycles. The van der Waals surface area contributed by atoms with Gasteiger partial charge >= 0.3 is 5.97 Å². The average molecular weight is 456 g/mol. The molecule has 0 radical (unpaired) electrons. The molecule has 1 aromatic heterocycles. The van der Waals surface area contributed by atoms with Crippen LogP contribution in [0.4, 0.5) is 16.5 Å². The van der Waals surface area contributed by atoms with Gasteiger partial charge in [0.2, 0.25) is 0 Å². The maximum absolute atomic E-state index is 12.6. The summed E-state index contributed by atoms with van der Waals surface area (Å²) in [5, 5.41) is 27.6. The predicted octanol–water partition coefficient (Wildman–Crippen LogP) is 3.31. The molecule has 32 heavy (non-hydrogen) atoms. The van der Waals surface area contributed by atoms with E-state index in [0.29, 0.717) is 10.8 Å². The largest absolute Gasteiger partial charge is 0.449 e. The summed E-state index contributed by atoms with van der Waals surface area (Å²) in [5.41, 5.74) is 1.42. The minimum Gasteiger partial charge on any atom is -0.449 e. The Hall–Kier alpha value is -3.83. The van der Waals surface area contributed by atoms with Crippen LogP contribution in [0.3, 0.4) is 0 Å². The molecule has 3 aromatic rings. The monoisotopic (exact) mass is 456 g/mol. The van der Waals surface area contributed by atoms with E-state index in [2.05, 4.69) is 15.6 Å². The van der Waals surface area contributed by atoms with E-state index in [-0.39, 0.29) is 30.1 Å². The lowest BCUT2D eigenvalue weighted by atomic mass is 10.1. The number of carbonyl (C=O) groups excluding carboxylic acids is 2. The van der Waals surface area contributed by atoms with Crippen LogP contribution in [0.5, 0.6) is 0 Å².